The average Bonchev–Trinajstić information content (AvgIpc) is 2.59. The molecule has 0 saturated heterocycles. The Labute approximate surface area is 153 Å². The fraction of sp³-hybridized carbons (Fsp3) is 0.278. The Morgan fingerprint density at radius 3 is 2.79 bits per heavy atom. The number of rotatable bonds is 4. The zero-order valence-corrected chi connectivity index (χ0v) is 15.4. The highest BCUT2D eigenvalue weighted by atomic mass is 127. The summed E-state index contributed by atoms with van der Waals surface area (Å²) in [6, 6.07) is 9.89. The van der Waals surface area contributed by atoms with Crippen LogP contribution in [0.3, 0.4) is 0 Å². The number of hydrogen-bond donors (Lipinski definition) is 0. The van der Waals surface area contributed by atoms with Crippen LogP contribution in [0.5, 0.6) is 11.5 Å². The first kappa shape index (κ1) is 17.0. The number of amides is 1. The zero-order chi connectivity index (χ0) is 17.1. The highest BCUT2D eigenvalue weighted by Gasteiger charge is 2.21. The second kappa shape index (κ2) is 7.38. The van der Waals surface area contributed by atoms with Crippen LogP contribution in [0.2, 0.25) is 0 Å². The van der Waals surface area contributed by atoms with Crippen LogP contribution in [0.15, 0.2) is 36.4 Å². The second-order valence-corrected chi connectivity index (χ2v) is 6.55. The molecule has 4 nitrogen and oxygen atoms in total. The van der Waals surface area contributed by atoms with E-state index in [0.717, 1.165) is 5.56 Å². The van der Waals surface area contributed by atoms with E-state index in [1.54, 1.807) is 4.90 Å². The van der Waals surface area contributed by atoms with Crippen molar-refractivity contribution in [1.29, 1.82) is 0 Å². The fourth-order valence-electron chi connectivity index (χ4n) is 2.62. The summed E-state index contributed by atoms with van der Waals surface area (Å²) in [5, 5.41) is 0. The molecule has 0 atom stereocenters. The lowest BCUT2D eigenvalue weighted by Crippen LogP contribution is -2.31. The average molecular weight is 441 g/mol. The summed E-state index contributed by atoms with van der Waals surface area (Å²) in [6.07, 6.45) is 0. The van der Waals surface area contributed by atoms with Gasteiger partial charge >= 0.3 is 0 Å². The van der Waals surface area contributed by atoms with Gasteiger partial charge in [-0.2, -0.15) is 0 Å². The Kier molecular flexibility index (Phi) is 5.23. The molecule has 1 heterocycles. The van der Waals surface area contributed by atoms with Crippen LogP contribution in [-0.4, -0.2) is 30.6 Å². The summed E-state index contributed by atoms with van der Waals surface area (Å²) in [5.41, 5.74) is 1.40. The summed E-state index contributed by atoms with van der Waals surface area (Å²) in [5.74, 6) is 0.931. The van der Waals surface area contributed by atoms with Gasteiger partial charge in [0.1, 0.15) is 19.0 Å². The molecule has 0 aliphatic carbocycles. The summed E-state index contributed by atoms with van der Waals surface area (Å²) < 4.78 is 25.2. The maximum atomic E-state index is 13.3. The Bertz CT molecular complexity index is 766. The molecule has 126 valence electrons. The predicted molar refractivity (Wildman–Crippen MR) is 97.0 cm³/mol. The lowest BCUT2D eigenvalue weighted by molar-refractivity contribution is 0.0748. The molecule has 1 aliphatic rings. The molecule has 0 spiro atoms. The van der Waals surface area contributed by atoms with Gasteiger partial charge in [-0.3, -0.25) is 4.79 Å². The van der Waals surface area contributed by atoms with Crippen LogP contribution in [0.4, 0.5) is 4.39 Å². The number of halogens is 2. The van der Waals surface area contributed by atoms with Gasteiger partial charge in [0.2, 0.25) is 0 Å². The number of nitrogens with zero attached hydrogens (tertiary/aromatic N) is 1. The van der Waals surface area contributed by atoms with E-state index in [0.29, 0.717) is 46.9 Å². The Morgan fingerprint density at radius 1 is 1.25 bits per heavy atom. The summed E-state index contributed by atoms with van der Waals surface area (Å²) in [6.45, 7) is 3.90. The Balaban J connectivity index is 1.86. The van der Waals surface area contributed by atoms with Crippen molar-refractivity contribution >= 4 is 28.5 Å². The molecule has 1 amide bonds. The van der Waals surface area contributed by atoms with Crippen molar-refractivity contribution in [1.82, 2.24) is 4.90 Å². The highest BCUT2D eigenvalue weighted by Crippen LogP contribution is 2.34. The maximum absolute atomic E-state index is 13.3. The molecule has 2 aromatic rings. The van der Waals surface area contributed by atoms with Gasteiger partial charge in [-0.15, -0.1) is 0 Å². The first-order valence-electron chi connectivity index (χ1n) is 7.72. The van der Waals surface area contributed by atoms with Crippen LogP contribution in [0.25, 0.3) is 0 Å². The SMILES string of the molecule is CCN(Cc1cccc2c1OCCO2)C(=O)c1ccc(F)cc1I. The quantitative estimate of drug-likeness (QED) is 0.677. The second-order valence-electron chi connectivity index (χ2n) is 5.38. The zero-order valence-electron chi connectivity index (χ0n) is 13.2. The smallest absolute Gasteiger partial charge is 0.255 e. The van der Waals surface area contributed by atoms with Crippen LogP contribution in [0, 0.1) is 9.39 Å². The van der Waals surface area contributed by atoms with E-state index in [9.17, 15) is 9.18 Å². The molecular formula is C18H17FINO3. The topological polar surface area (TPSA) is 38.8 Å². The molecule has 0 N–H and O–H groups in total. The van der Waals surface area contributed by atoms with Crippen molar-refractivity contribution < 1.29 is 18.7 Å². The Morgan fingerprint density at radius 2 is 2.04 bits per heavy atom. The van der Waals surface area contributed by atoms with Gasteiger partial charge in [0.15, 0.2) is 11.5 Å². The van der Waals surface area contributed by atoms with Crippen LogP contribution >= 0.6 is 22.6 Å². The van der Waals surface area contributed by atoms with Crippen molar-refractivity contribution in [2.75, 3.05) is 19.8 Å². The molecule has 0 radical (unpaired) electrons. The van der Waals surface area contributed by atoms with E-state index in [4.69, 9.17) is 9.47 Å². The number of para-hydroxylation sites is 1. The highest BCUT2D eigenvalue weighted by molar-refractivity contribution is 14.1. The van der Waals surface area contributed by atoms with Crippen molar-refractivity contribution in [3.05, 3.63) is 56.9 Å². The van der Waals surface area contributed by atoms with E-state index >= 15 is 0 Å². The molecule has 0 saturated carbocycles. The summed E-state index contributed by atoms with van der Waals surface area (Å²) in [7, 11) is 0. The molecule has 0 aromatic heterocycles. The van der Waals surface area contributed by atoms with Gasteiger partial charge < -0.3 is 14.4 Å². The minimum absolute atomic E-state index is 0.128. The monoisotopic (exact) mass is 441 g/mol. The third-order valence-corrected chi connectivity index (χ3v) is 4.73. The summed E-state index contributed by atoms with van der Waals surface area (Å²) in [4.78, 5) is 14.5. The van der Waals surface area contributed by atoms with E-state index < -0.39 is 0 Å². The standard InChI is InChI=1S/C18H17FINO3/c1-2-21(18(22)14-7-6-13(19)10-15(14)20)11-12-4-3-5-16-17(12)24-9-8-23-16/h3-7,10H,2,8-9,11H2,1H3. The predicted octanol–water partition coefficient (Wildman–Crippen LogP) is 3.86. The lowest BCUT2D eigenvalue weighted by Gasteiger charge is -2.25. The molecule has 0 unspecified atom stereocenters. The van der Waals surface area contributed by atoms with Gasteiger partial charge in [-0.05, 0) is 53.8 Å². The number of fused-ring (bicyclic) bond motifs is 1. The summed E-state index contributed by atoms with van der Waals surface area (Å²) >= 11 is 1.98. The molecule has 6 heteroatoms. The van der Waals surface area contributed by atoms with Gasteiger partial charge in [0.25, 0.3) is 5.91 Å². The number of hydrogen-bond acceptors (Lipinski definition) is 3. The number of carbonyl (C=O) groups excluding carboxylic acids is 1. The van der Waals surface area contributed by atoms with Crippen molar-refractivity contribution in [2.45, 2.75) is 13.5 Å². The number of benzene rings is 2. The van der Waals surface area contributed by atoms with Gasteiger partial charge in [0, 0.05) is 22.2 Å². The molecule has 0 fully saturated rings. The minimum Gasteiger partial charge on any atom is -0.486 e. The third kappa shape index (κ3) is 3.48. The van der Waals surface area contributed by atoms with Crippen molar-refractivity contribution in [3.8, 4) is 11.5 Å². The maximum Gasteiger partial charge on any atom is 0.255 e. The number of ether oxygens (including phenoxy) is 2. The van der Waals surface area contributed by atoms with E-state index in [1.807, 2.05) is 47.7 Å². The third-order valence-electron chi connectivity index (χ3n) is 3.84. The minimum atomic E-state index is -0.346. The van der Waals surface area contributed by atoms with Crippen LogP contribution in [-0.2, 0) is 6.54 Å². The van der Waals surface area contributed by atoms with E-state index in [1.165, 1.54) is 18.2 Å². The van der Waals surface area contributed by atoms with Crippen molar-refractivity contribution in [3.63, 3.8) is 0 Å². The van der Waals surface area contributed by atoms with Crippen LogP contribution in [0.1, 0.15) is 22.8 Å². The normalized spacial score (nSPS) is 12.8. The van der Waals surface area contributed by atoms with Gasteiger partial charge in [-0.1, -0.05) is 12.1 Å². The lowest BCUT2D eigenvalue weighted by atomic mass is 10.1. The van der Waals surface area contributed by atoms with E-state index in [2.05, 4.69) is 0 Å². The van der Waals surface area contributed by atoms with Gasteiger partial charge in [-0.25, -0.2) is 4.39 Å². The molecular weight excluding hydrogens is 424 g/mol. The van der Waals surface area contributed by atoms with Crippen molar-refractivity contribution in [2.24, 2.45) is 0 Å². The largest absolute Gasteiger partial charge is 0.486 e. The molecule has 24 heavy (non-hydrogen) atoms. The van der Waals surface area contributed by atoms with E-state index in [-0.39, 0.29) is 11.7 Å². The Hall–Kier alpha value is -1.83. The number of carbonyl (C=O) groups is 1. The molecule has 0 bridgehead atoms. The molecule has 3 rings (SSSR count). The molecule has 1 aliphatic heterocycles. The first-order chi connectivity index (χ1) is 11.6. The first-order valence-corrected chi connectivity index (χ1v) is 8.80. The van der Waals surface area contributed by atoms with Gasteiger partial charge in [0.05, 0.1) is 5.56 Å². The fourth-order valence-corrected chi connectivity index (χ4v) is 3.33. The van der Waals surface area contributed by atoms with Crippen LogP contribution < -0.4 is 9.47 Å². The molecule has 2 aromatic carbocycles.